The fourth-order valence-corrected chi connectivity index (χ4v) is 3.02. The summed E-state index contributed by atoms with van der Waals surface area (Å²) in [7, 11) is 1.64. The topological polar surface area (TPSA) is 57.3 Å². The highest BCUT2D eigenvalue weighted by molar-refractivity contribution is 6.37. The Balaban J connectivity index is 2.31. The van der Waals surface area contributed by atoms with Gasteiger partial charge in [0.1, 0.15) is 11.9 Å². The number of nitrogens with one attached hydrogen (secondary N) is 2. The van der Waals surface area contributed by atoms with Gasteiger partial charge >= 0.3 is 0 Å². The molecule has 0 spiro atoms. The standard InChI is InChI=1S/C14H20Cl2N4O/c1-3-6-18-12-9(15)8-10(16)13(19-12)20-7-4-5-11(20)14(21)17-2/h8,11H,3-7H2,1-2H3,(H,17,21)(H,18,19). The molecule has 116 valence electrons. The van der Waals surface area contributed by atoms with E-state index < -0.39 is 0 Å². The first kappa shape index (κ1) is 16.2. The van der Waals surface area contributed by atoms with Crippen molar-refractivity contribution in [2.45, 2.75) is 32.2 Å². The zero-order valence-electron chi connectivity index (χ0n) is 12.2. The third kappa shape index (κ3) is 3.52. The van der Waals surface area contributed by atoms with Gasteiger partial charge in [-0.05, 0) is 25.3 Å². The van der Waals surface area contributed by atoms with E-state index in [2.05, 4.69) is 22.5 Å². The van der Waals surface area contributed by atoms with Gasteiger partial charge < -0.3 is 15.5 Å². The number of hydrogen-bond donors (Lipinski definition) is 2. The predicted octanol–water partition coefficient (Wildman–Crippen LogP) is 2.93. The van der Waals surface area contributed by atoms with E-state index in [-0.39, 0.29) is 11.9 Å². The van der Waals surface area contributed by atoms with Crippen LogP contribution in [0, 0.1) is 0 Å². The molecule has 0 aliphatic carbocycles. The molecule has 21 heavy (non-hydrogen) atoms. The van der Waals surface area contributed by atoms with Crippen LogP contribution in [0.1, 0.15) is 26.2 Å². The molecule has 2 heterocycles. The van der Waals surface area contributed by atoms with Crippen LogP contribution < -0.4 is 15.5 Å². The SMILES string of the molecule is CCCNc1nc(N2CCCC2C(=O)NC)c(Cl)cc1Cl. The fourth-order valence-electron chi connectivity index (χ4n) is 2.49. The van der Waals surface area contributed by atoms with Crippen molar-refractivity contribution in [2.24, 2.45) is 0 Å². The molecule has 1 saturated heterocycles. The van der Waals surface area contributed by atoms with E-state index in [9.17, 15) is 4.79 Å². The van der Waals surface area contributed by atoms with Crippen LogP contribution in [0.5, 0.6) is 0 Å². The summed E-state index contributed by atoms with van der Waals surface area (Å²) in [5.41, 5.74) is 0. The van der Waals surface area contributed by atoms with Gasteiger partial charge in [0.25, 0.3) is 0 Å². The van der Waals surface area contributed by atoms with E-state index in [1.807, 2.05) is 4.90 Å². The van der Waals surface area contributed by atoms with Gasteiger partial charge in [0.15, 0.2) is 5.82 Å². The van der Waals surface area contributed by atoms with E-state index in [1.165, 1.54) is 0 Å². The molecule has 0 bridgehead atoms. The monoisotopic (exact) mass is 330 g/mol. The lowest BCUT2D eigenvalue weighted by Gasteiger charge is -2.26. The number of hydrogen-bond acceptors (Lipinski definition) is 4. The number of pyridine rings is 1. The van der Waals surface area contributed by atoms with Crippen molar-refractivity contribution >= 4 is 40.7 Å². The number of carbonyl (C=O) groups excluding carboxylic acids is 1. The maximum absolute atomic E-state index is 12.0. The normalized spacial score (nSPS) is 17.9. The van der Waals surface area contributed by atoms with E-state index in [0.717, 1.165) is 32.4 Å². The van der Waals surface area contributed by atoms with Crippen LogP contribution in [0.4, 0.5) is 11.6 Å². The lowest BCUT2D eigenvalue weighted by Crippen LogP contribution is -2.42. The first-order valence-electron chi connectivity index (χ1n) is 7.16. The number of rotatable bonds is 5. The molecule has 1 fully saturated rings. The Hall–Kier alpha value is -1.20. The van der Waals surface area contributed by atoms with Gasteiger partial charge in [0, 0.05) is 20.1 Å². The summed E-state index contributed by atoms with van der Waals surface area (Å²) in [6, 6.07) is 1.46. The summed E-state index contributed by atoms with van der Waals surface area (Å²) in [6.07, 6.45) is 2.72. The van der Waals surface area contributed by atoms with Crippen LogP contribution in [0.2, 0.25) is 10.0 Å². The number of halogens is 2. The second-order valence-electron chi connectivity index (χ2n) is 5.02. The average Bonchev–Trinajstić information content (AvgIpc) is 2.94. The first-order valence-corrected chi connectivity index (χ1v) is 7.92. The average molecular weight is 331 g/mol. The fraction of sp³-hybridized carbons (Fsp3) is 0.571. The van der Waals surface area contributed by atoms with Crippen molar-refractivity contribution in [3.05, 3.63) is 16.1 Å². The second kappa shape index (κ2) is 7.18. The Kier molecular flexibility index (Phi) is 5.53. The number of aromatic nitrogens is 1. The highest BCUT2D eigenvalue weighted by Gasteiger charge is 2.32. The molecule has 0 saturated carbocycles. The minimum atomic E-state index is -0.222. The zero-order valence-corrected chi connectivity index (χ0v) is 13.8. The minimum Gasteiger partial charge on any atom is -0.369 e. The van der Waals surface area contributed by atoms with Crippen molar-refractivity contribution in [1.82, 2.24) is 10.3 Å². The molecule has 1 aliphatic rings. The molecule has 1 aromatic heterocycles. The third-order valence-electron chi connectivity index (χ3n) is 3.53. The summed E-state index contributed by atoms with van der Waals surface area (Å²) >= 11 is 12.4. The summed E-state index contributed by atoms with van der Waals surface area (Å²) in [6.45, 7) is 3.62. The summed E-state index contributed by atoms with van der Waals surface area (Å²) in [4.78, 5) is 18.4. The zero-order chi connectivity index (χ0) is 15.4. The lowest BCUT2D eigenvalue weighted by molar-refractivity contribution is -0.121. The Labute approximate surface area is 135 Å². The second-order valence-corrected chi connectivity index (χ2v) is 5.83. The van der Waals surface area contributed by atoms with Gasteiger partial charge in [0.05, 0.1) is 10.0 Å². The lowest BCUT2D eigenvalue weighted by atomic mass is 10.2. The van der Waals surface area contributed by atoms with Crippen molar-refractivity contribution in [2.75, 3.05) is 30.4 Å². The molecule has 1 aromatic rings. The summed E-state index contributed by atoms with van der Waals surface area (Å²) in [5.74, 6) is 1.22. The molecule has 1 unspecified atom stereocenters. The van der Waals surface area contributed by atoms with Gasteiger partial charge in [-0.3, -0.25) is 4.79 Å². The third-order valence-corrected chi connectivity index (χ3v) is 4.09. The predicted molar refractivity (Wildman–Crippen MR) is 87.5 cm³/mol. The number of carbonyl (C=O) groups is 1. The molecular weight excluding hydrogens is 311 g/mol. The van der Waals surface area contributed by atoms with E-state index in [0.29, 0.717) is 21.7 Å². The van der Waals surface area contributed by atoms with Crippen LogP contribution in [0.25, 0.3) is 0 Å². The maximum Gasteiger partial charge on any atom is 0.242 e. The van der Waals surface area contributed by atoms with Gasteiger partial charge in [-0.1, -0.05) is 30.1 Å². The van der Waals surface area contributed by atoms with Gasteiger partial charge in [-0.15, -0.1) is 0 Å². The van der Waals surface area contributed by atoms with Crippen LogP contribution >= 0.6 is 23.2 Å². The number of amides is 1. The minimum absolute atomic E-state index is 0.0108. The highest BCUT2D eigenvalue weighted by Crippen LogP contribution is 2.35. The largest absolute Gasteiger partial charge is 0.369 e. The molecule has 1 atom stereocenters. The number of likely N-dealkylation sites (N-methyl/N-ethyl adjacent to an activating group) is 1. The van der Waals surface area contributed by atoms with Crippen molar-refractivity contribution in [3.63, 3.8) is 0 Å². The molecule has 2 rings (SSSR count). The van der Waals surface area contributed by atoms with Crippen LogP contribution in [0.3, 0.4) is 0 Å². The molecule has 1 aliphatic heterocycles. The summed E-state index contributed by atoms with van der Waals surface area (Å²) < 4.78 is 0. The summed E-state index contributed by atoms with van der Waals surface area (Å²) in [5, 5.41) is 6.84. The maximum atomic E-state index is 12.0. The molecule has 0 aromatic carbocycles. The molecular formula is C14H20Cl2N4O. The van der Waals surface area contributed by atoms with Crippen molar-refractivity contribution in [3.8, 4) is 0 Å². The van der Waals surface area contributed by atoms with Crippen LogP contribution in [0.15, 0.2) is 6.07 Å². The van der Waals surface area contributed by atoms with Gasteiger partial charge in [-0.25, -0.2) is 4.98 Å². The Morgan fingerprint density at radius 3 is 2.90 bits per heavy atom. The van der Waals surface area contributed by atoms with E-state index in [4.69, 9.17) is 23.2 Å². The van der Waals surface area contributed by atoms with Crippen molar-refractivity contribution < 1.29 is 4.79 Å². The Morgan fingerprint density at radius 2 is 2.24 bits per heavy atom. The van der Waals surface area contributed by atoms with Gasteiger partial charge in [0.2, 0.25) is 5.91 Å². The first-order chi connectivity index (χ1) is 10.1. The van der Waals surface area contributed by atoms with E-state index in [1.54, 1.807) is 13.1 Å². The Morgan fingerprint density at radius 1 is 1.48 bits per heavy atom. The smallest absolute Gasteiger partial charge is 0.242 e. The molecule has 2 N–H and O–H groups in total. The van der Waals surface area contributed by atoms with Crippen LogP contribution in [-0.2, 0) is 4.79 Å². The molecule has 1 amide bonds. The highest BCUT2D eigenvalue weighted by atomic mass is 35.5. The Bertz CT molecular complexity index is 524. The van der Waals surface area contributed by atoms with Gasteiger partial charge in [-0.2, -0.15) is 0 Å². The quantitative estimate of drug-likeness (QED) is 0.871. The molecule has 7 heteroatoms. The van der Waals surface area contributed by atoms with E-state index >= 15 is 0 Å². The number of nitrogens with zero attached hydrogens (tertiary/aromatic N) is 2. The van der Waals surface area contributed by atoms with Crippen molar-refractivity contribution in [1.29, 1.82) is 0 Å². The number of anilines is 2. The molecule has 0 radical (unpaired) electrons. The molecule has 5 nitrogen and oxygen atoms in total. The van der Waals surface area contributed by atoms with Crippen LogP contribution in [-0.4, -0.2) is 37.1 Å².